The summed E-state index contributed by atoms with van der Waals surface area (Å²) in [6.45, 7) is 4.38. The monoisotopic (exact) mass is 546 g/mol. The fourth-order valence-electron chi connectivity index (χ4n) is 5.78. The predicted molar refractivity (Wildman–Crippen MR) is 142 cm³/mol. The maximum absolute atomic E-state index is 13.3. The van der Waals surface area contributed by atoms with Crippen molar-refractivity contribution < 1.29 is 33.7 Å². The molecule has 1 aromatic carbocycles. The van der Waals surface area contributed by atoms with E-state index in [9.17, 15) is 19.5 Å². The third kappa shape index (κ3) is 7.27. The molecule has 0 bridgehead atoms. The number of amides is 3. The van der Waals surface area contributed by atoms with E-state index in [0.29, 0.717) is 52.0 Å². The van der Waals surface area contributed by atoms with Crippen LogP contribution in [0.2, 0.25) is 0 Å². The van der Waals surface area contributed by atoms with Crippen LogP contribution in [0.3, 0.4) is 0 Å². The molecule has 0 saturated carbocycles. The summed E-state index contributed by atoms with van der Waals surface area (Å²) in [5.41, 5.74) is 0.910. The van der Waals surface area contributed by atoms with Crippen molar-refractivity contribution in [3.8, 4) is 0 Å². The molecular weight excluding hydrogens is 504 g/mol. The largest absolute Gasteiger partial charge is 0.445 e. The van der Waals surface area contributed by atoms with Gasteiger partial charge >= 0.3 is 6.09 Å². The topological polar surface area (TPSA) is 121 Å². The van der Waals surface area contributed by atoms with E-state index < -0.39 is 24.5 Å². The van der Waals surface area contributed by atoms with E-state index in [4.69, 9.17) is 14.2 Å². The van der Waals surface area contributed by atoms with Gasteiger partial charge in [0.25, 0.3) is 0 Å². The Morgan fingerprint density at radius 1 is 1.18 bits per heavy atom. The standard InChI is InChI=1S/C28H42N4O7/c1-19-16-23(24(33)27(37-3)39-19)30(2)15-12-29-25(34)22-10-7-13-32(22)26(35)21-11-14-31(17-21)28(36)38-18-20-8-5-4-6-9-20/h4-6,8-9,19,21-24,27,33H,7,10-18H2,1-3H3,(H,29,34)/t19-,21?,22-,23+,24-,27-/m1/s1. The van der Waals surface area contributed by atoms with Gasteiger partial charge in [0.05, 0.1) is 12.0 Å². The highest BCUT2D eigenvalue weighted by Gasteiger charge is 2.41. The lowest BCUT2D eigenvalue weighted by Gasteiger charge is -2.41. The molecule has 6 atom stereocenters. The smallest absolute Gasteiger partial charge is 0.410 e. The minimum Gasteiger partial charge on any atom is -0.445 e. The van der Waals surface area contributed by atoms with Crippen LogP contribution in [0.25, 0.3) is 0 Å². The number of hydrogen-bond acceptors (Lipinski definition) is 8. The van der Waals surface area contributed by atoms with Gasteiger partial charge in [-0.05, 0) is 45.2 Å². The van der Waals surface area contributed by atoms with E-state index in [2.05, 4.69) is 5.32 Å². The zero-order valence-electron chi connectivity index (χ0n) is 23.2. The quantitative estimate of drug-likeness (QED) is 0.474. The highest BCUT2D eigenvalue weighted by Crippen LogP contribution is 2.26. The fourth-order valence-corrected chi connectivity index (χ4v) is 5.78. The summed E-state index contributed by atoms with van der Waals surface area (Å²) >= 11 is 0. The first-order valence-electron chi connectivity index (χ1n) is 13.9. The average molecular weight is 547 g/mol. The number of ether oxygens (including phenoxy) is 3. The van der Waals surface area contributed by atoms with E-state index in [0.717, 1.165) is 12.0 Å². The van der Waals surface area contributed by atoms with Crippen LogP contribution < -0.4 is 5.32 Å². The number of benzene rings is 1. The number of rotatable bonds is 9. The number of aliphatic hydroxyl groups is 1. The number of nitrogens with one attached hydrogen (secondary N) is 1. The van der Waals surface area contributed by atoms with Crippen LogP contribution in [-0.2, 0) is 30.4 Å². The second kappa shape index (κ2) is 13.6. The Labute approximate surface area is 230 Å². The lowest BCUT2D eigenvalue weighted by atomic mass is 9.99. The minimum absolute atomic E-state index is 0.0457. The van der Waals surface area contributed by atoms with Crippen LogP contribution in [0.5, 0.6) is 0 Å². The Balaban J connectivity index is 1.22. The molecule has 3 amide bonds. The van der Waals surface area contributed by atoms with Crippen molar-refractivity contribution in [2.75, 3.05) is 46.9 Å². The summed E-state index contributed by atoms with van der Waals surface area (Å²) in [5.74, 6) is -0.574. The normalized spacial score (nSPS) is 29.1. The van der Waals surface area contributed by atoms with Gasteiger partial charge in [-0.3, -0.25) is 14.5 Å². The van der Waals surface area contributed by atoms with Crippen LogP contribution in [0.4, 0.5) is 4.79 Å². The molecule has 3 aliphatic rings. The van der Waals surface area contributed by atoms with Crippen molar-refractivity contribution in [2.45, 2.75) is 69.8 Å². The third-order valence-corrected chi connectivity index (χ3v) is 8.01. The van der Waals surface area contributed by atoms with Crippen LogP contribution in [0.1, 0.15) is 38.2 Å². The summed E-state index contributed by atoms with van der Waals surface area (Å²) < 4.78 is 16.3. The van der Waals surface area contributed by atoms with Crippen molar-refractivity contribution in [1.29, 1.82) is 0 Å². The van der Waals surface area contributed by atoms with Crippen molar-refractivity contribution in [3.63, 3.8) is 0 Å². The second-order valence-corrected chi connectivity index (χ2v) is 10.8. The molecule has 4 rings (SSSR count). The predicted octanol–water partition coefficient (Wildman–Crippen LogP) is 1.19. The highest BCUT2D eigenvalue weighted by molar-refractivity contribution is 5.89. The molecule has 3 saturated heterocycles. The maximum Gasteiger partial charge on any atom is 0.410 e. The first-order chi connectivity index (χ1) is 18.8. The Hall–Kier alpha value is -2.73. The van der Waals surface area contributed by atoms with E-state index in [1.165, 1.54) is 7.11 Å². The van der Waals surface area contributed by atoms with Crippen molar-refractivity contribution in [1.82, 2.24) is 20.0 Å². The summed E-state index contributed by atoms with van der Waals surface area (Å²) in [5, 5.41) is 13.6. The first-order valence-corrected chi connectivity index (χ1v) is 13.9. The molecule has 216 valence electrons. The van der Waals surface area contributed by atoms with Gasteiger partial charge in [-0.25, -0.2) is 4.79 Å². The van der Waals surface area contributed by atoms with Crippen molar-refractivity contribution >= 4 is 17.9 Å². The Bertz CT molecular complexity index is 980. The van der Waals surface area contributed by atoms with Crippen molar-refractivity contribution in [3.05, 3.63) is 35.9 Å². The molecule has 39 heavy (non-hydrogen) atoms. The molecule has 2 N–H and O–H groups in total. The van der Waals surface area contributed by atoms with Gasteiger partial charge in [0.15, 0.2) is 6.29 Å². The molecule has 11 nitrogen and oxygen atoms in total. The van der Waals surface area contributed by atoms with Gasteiger partial charge in [-0.1, -0.05) is 30.3 Å². The van der Waals surface area contributed by atoms with Gasteiger partial charge in [0.2, 0.25) is 11.8 Å². The summed E-state index contributed by atoms with van der Waals surface area (Å²) in [6.07, 6.45) is 0.684. The molecule has 0 aliphatic carbocycles. The Morgan fingerprint density at radius 3 is 2.69 bits per heavy atom. The van der Waals surface area contributed by atoms with Crippen LogP contribution in [0.15, 0.2) is 30.3 Å². The van der Waals surface area contributed by atoms with Gasteiger partial charge in [0, 0.05) is 45.9 Å². The first kappa shape index (κ1) is 29.3. The average Bonchev–Trinajstić information content (AvgIpc) is 3.63. The Kier molecular flexibility index (Phi) is 10.2. The van der Waals surface area contributed by atoms with Gasteiger partial charge < -0.3 is 34.4 Å². The molecule has 1 aromatic rings. The highest BCUT2D eigenvalue weighted by atomic mass is 16.7. The third-order valence-electron chi connectivity index (χ3n) is 8.01. The number of likely N-dealkylation sites (tertiary alicyclic amines) is 2. The zero-order chi connectivity index (χ0) is 27.9. The number of hydrogen-bond donors (Lipinski definition) is 2. The fraction of sp³-hybridized carbons (Fsp3) is 0.679. The summed E-state index contributed by atoms with van der Waals surface area (Å²) in [6, 6.07) is 8.82. The number of aliphatic hydroxyl groups excluding tert-OH is 1. The van der Waals surface area contributed by atoms with Crippen LogP contribution in [0, 0.1) is 5.92 Å². The lowest BCUT2D eigenvalue weighted by Crippen LogP contribution is -2.56. The molecule has 3 fully saturated rings. The van der Waals surface area contributed by atoms with Gasteiger partial charge in [-0.15, -0.1) is 0 Å². The Morgan fingerprint density at radius 2 is 1.95 bits per heavy atom. The number of carbonyl (C=O) groups is 3. The van der Waals surface area contributed by atoms with Crippen LogP contribution in [-0.4, -0.2) is 115 Å². The van der Waals surface area contributed by atoms with Gasteiger partial charge in [0.1, 0.15) is 18.8 Å². The minimum atomic E-state index is -0.781. The second-order valence-electron chi connectivity index (χ2n) is 10.8. The number of likely N-dealkylation sites (N-methyl/N-ethyl adjacent to an activating group) is 1. The van der Waals surface area contributed by atoms with E-state index in [1.54, 1.807) is 9.80 Å². The zero-order valence-corrected chi connectivity index (χ0v) is 23.2. The molecule has 3 heterocycles. The molecule has 3 aliphatic heterocycles. The molecule has 0 spiro atoms. The molecular formula is C28H42N4O7. The number of nitrogens with zero attached hydrogens (tertiary/aromatic N) is 3. The molecule has 0 aromatic heterocycles. The van der Waals surface area contributed by atoms with E-state index >= 15 is 0 Å². The van der Waals surface area contributed by atoms with Gasteiger partial charge in [-0.2, -0.15) is 0 Å². The molecule has 11 heteroatoms. The SMILES string of the molecule is CO[C@@H]1O[C@H](C)C[C@H](N(C)CCNC(=O)[C@H]2CCCN2C(=O)C2CCN(C(=O)OCc3ccccc3)C2)[C@H]1O. The summed E-state index contributed by atoms with van der Waals surface area (Å²) in [4.78, 5) is 44.2. The van der Waals surface area contributed by atoms with Crippen molar-refractivity contribution in [2.24, 2.45) is 5.92 Å². The number of methoxy groups -OCH3 is 1. The summed E-state index contributed by atoms with van der Waals surface area (Å²) in [7, 11) is 3.42. The molecule has 1 unspecified atom stereocenters. The molecule has 0 radical (unpaired) electrons. The van der Waals surface area contributed by atoms with E-state index in [1.807, 2.05) is 49.2 Å². The lowest BCUT2D eigenvalue weighted by molar-refractivity contribution is -0.243. The van der Waals surface area contributed by atoms with E-state index in [-0.39, 0.29) is 36.5 Å². The van der Waals surface area contributed by atoms with Crippen LogP contribution >= 0.6 is 0 Å². The number of carbonyl (C=O) groups excluding carboxylic acids is 3. The maximum atomic E-state index is 13.3.